The molecule has 3 N–H and O–H groups in total. The molecule has 4 heteroatoms. The van der Waals surface area contributed by atoms with Crippen LogP contribution in [-0.2, 0) is 9.53 Å². The van der Waals surface area contributed by atoms with E-state index in [4.69, 9.17) is 10.5 Å². The maximum Gasteiger partial charge on any atom is 0.227 e. The molecule has 100 valence electrons. The summed E-state index contributed by atoms with van der Waals surface area (Å²) in [5.41, 5.74) is 7.50. The highest BCUT2D eigenvalue weighted by atomic mass is 16.5. The van der Waals surface area contributed by atoms with Crippen molar-refractivity contribution < 1.29 is 9.53 Å². The van der Waals surface area contributed by atoms with Crippen LogP contribution in [0.15, 0.2) is 24.3 Å². The fourth-order valence-corrected chi connectivity index (χ4v) is 1.79. The van der Waals surface area contributed by atoms with Gasteiger partial charge in [0.1, 0.15) is 0 Å². The standard InChI is InChI=1S/C14H22N2O2/c1-10(2)12-6-4-5-7-13(12)16-14(17)8-11(9-15)18-3/h4-7,10-11H,8-9,15H2,1-3H3,(H,16,17). The van der Waals surface area contributed by atoms with Crippen LogP contribution in [0.25, 0.3) is 0 Å². The summed E-state index contributed by atoms with van der Waals surface area (Å²) in [4.78, 5) is 11.9. The lowest BCUT2D eigenvalue weighted by atomic mass is 10.0. The Hall–Kier alpha value is -1.39. The fourth-order valence-electron chi connectivity index (χ4n) is 1.79. The minimum Gasteiger partial charge on any atom is -0.380 e. The van der Waals surface area contributed by atoms with Crippen molar-refractivity contribution in [2.24, 2.45) is 5.73 Å². The third kappa shape index (κ3) is 4.13. The fraction of sp³-hybridized carbons (Fsp3) is 0.500. The van der Waals surface area contributed by atoms with Crippen molar-refractivity contribution >= 4 is 11.6 Å². The molecule has 0 fully saturated rings. The Labute approximate surface area is 109 Å². The summed E-state index contributed by atoms with van der Waals surface area (Å²) in [6, 6.07) is 7.83. The molecule has 0 bridgehead atoms. The van der Waals surface area contributed by atoms with Crippen molar-refractivity contribution in [1.29, 1.82) is 0 Å². The zero-order chi connectivity index (χ0) is 13.5. The minimum atomic E-state index is -0.226. The van der Waals surface area contributed by atoms with Gasteiger partial charge < -0.3 is 15.8 Å². The van der Waals surface area contributed by atoms with Crippen molar-refractivity contribution in [3.05, 3.63) is 29.8 Å². The number of nitrogens with one attached hydrogen (secondary N) is 1. The first-order valence-electron chi connectivity index (χ1n) is 6.20. The Morgan fingerprint density at radius 1 is 1.39 bits per heavy atom. The lowest BCUT2D eigenvalue weighted by Crippen LogP contribution is -2.28. The van der Waals surface area contributed by atoms with E-state index in [1.54, 1.807) is 7.11 Å². The molecule has 1 aromatic carbocycles. The van der Waals surface area contributed by atoms with Crippen molar-refractivity contribution in [1.82, 2.24) is 0 Å². The number of methoxy groups -OCH3 is 1. The first-order chi connectivity index (χ1) is 8.58. The molecule has 0 aliphatic carbocycles. The van der Waals surface area contributed by atoms with Gasteiger partial charge in [-0.1, -0.05) is 32.0 Å². The normalized spacial score (nSPS) is 12.5. The van der Waals surface area contributed by atoms with Gasteiger partial charge in [0.05, 0.1) is 12.5 Å². The monoisotopic (exact) mass is 250 g/mol. The van der Waals surface area contributed by atoms with Crippen LogP contribution in [0.5, 0.6) is 0 Å². The number of ether oxygens (including phenoxy) is 1. The Balaban J connectivity index is 2.70. The molecule has 18 heavy (non-hydrogen) atoms. The third-order valence-corrected chi connectivity index (χ3v) is 2.87. The van der Waals surface area contributed by atoms with Crippen molar-refractivity contribution in [3.63, 3.8) is 0 Å². The van der Waals surface area contributed by atoms with Gasteiger partial charge in [-0.05, 0) is 17.5 Å². The van der Waals surface area contributed by atoms with Crippen LogP contribution in [0.3, 0.4) is 0 Å². The number of carbonyl (C=O) groups excluding carboxylic acids is 1. The topological polar surface area (TPSA) is 64.3 Å². The number of rotatable bonds is 6. The highest BCUT2D eigenvalue weighted by Gasteiger charge is 2.13. The molecule has 0 aliphatic heterocycles. The number of anilines is 1. The molecule has 0 heterocycles. The quantitative estimate of drug-likeness (QED) is 0.812. The van der Waals surface area contributed by atoms with Gasteiger partial charge in [-0.15, -0.1) is 0 Å². The summed E-state index contributed by atoms with van der Waals surface area (Å²) < 4.78 is 5.10. The van der Waals surface area contributed by atoms with Crippen molar-refractivity contribution in [2.75, 3.05) is 19.0 Å². The molecule has 1 rings (SSSR count). The van der Waals surface area contributed by atoms with E-state index in [9.17, 15) is 4.79 Å². The number of nitrogens with two attached hydrogens (primary N) is 1. The summed E-state index contributed by atoms with van der Waals surface area (Å²) in [7, 11) is 1.56. The van der Waals surface area contributed by atoms with E-state index >= 15 is 0 Å². The summed E-state index contributed by atoms with van der Waals surface area (Å²) in [5.74, 6) is 0.301. The van der Waals surface area contributed by atoms with Gasteiger partial charge in [0.25, 0.3) is 0 Å². The number of benzene rings is 1. The lowest BCUT2D eigenvalue weighted by Gasteiger charge is -2.16. The molecule has 0 saturated carbocycles. The van der Waals surface area contributed by atoms with Gasteiger partial charge in [-0.3, -0.25) is 4.79 Å². The van der Waals surface area contributed by atoms with Gasteiger partial charge >= 0.3 is 0 Å². The minimum absolute atomic E-state index is 0.0691. The molecule has 1 aromatic rings. The number of hydrogen-bond acceptors (Lipinski definition) is 3. The van der Waals surface area contributed by atoms with Crippen LogP contribution in [-0.4, -0.2) is 25.7 Å². The highest BCUT2D eigenvalue weighted by Crippen LogP contribution is 2.23. The lowest BCUT2D eigenvalue weighted by molar-refractivity contribution is -0.118. The average Bonchev–Trinajstić information content (AvgIpc) is 2.36. The van der Waals surface area contributed by atoms with Gasteiger partial charge in [-0.25, -0.2) is 0 Å². The Morgan fingerprint density at radius 2 is 2.06 bits per heavy atom. The Kier molecular flexibility index (Phi) is 5.82. The van der Waals surface area contributed by atoms with E-state index in [-0.39, 0.29) is 18.4 Å². The van der Waals surface area contributed by atoms with E-state index in [1.807, 2.05) is 24.3 Å². The first kappa shape index (κ1) is 14.7. The molecule has 0 saturated heterocycles. The van der Waals surface area contributed by atoms with Gasteiger partial charge in [0, 0.05) is 19.3 Å². The number of amides is 1. The van der Waals surface area contributed by atoms with E-state index < -0.39 is 0 Å². The second-order valence-corrected chi connectivity index (χ2v) is 4.59. The molecule has 1 unspecified atom stereocenters. The summed E-state index contributed by atoms with van der Waals surface area (Å²) in [5, 5.41) is 2.92. The molecule has 0 aliphatic rings. The Bertz CT molecular complexity index is 387. The predicted octanol–water partition coefficient (Wildman–Crippen LogP) is 2.11. The number of para-hydroxylation sites is 1. The molecule has 0 radical (unpaired) electrons. The predicted molar refractivity (Wildman–Crippen MR) is 73.6 cm³/mol. The molecule has 0 spiro atoms. The molecule has 1 atom stereocenters. The van der Waals surface area contributed by atoms with Gasteiger partial charge in [0.2, 0.25) is 5.91 Å². The first-order valence-corrected chi connectivity index (χ1v) is 6.20. The number of carbonyl (C=O) groups is 1. The van der Waals surface area contributed by atoms with Gasteiger partial charge in [0.15, 0.2) is 0 Å². The average molecular weight is 250 g/mol. The zero-order valence-corrected chi connectivity index (χ0v) is 11.3. The second-order valence-electron chi connectivity index (χ2n) is 4.59. The molecular weight excluding hydrogens is 228 g/mol. The molecular formula is C14H22N2O2. The van der Waals surface area contributed by atoms with Crippen molar-refractivity contribution in [3.8, 4) is 0 Å². The van der Waals surface area contributed by atoms with E-state index in [2.05, 4.69) is 19.2 Å². The van der Waals surface area contributed by atoms with Crippen LogP contribution < -0.4 is 11.1 Å². The van der Waals surface area contributed by atoms with Crippen LogP contribution in [0, 0.1) is 0 Å². The number of hydrogen-bond donors (Lipinski definition) is 2. The molecule has 1 amide bonds. The SMILES string of the molecule is COC(CN)CC(=O)Nc1ccccc1C(C)C. The van der Waals surface area contributed by atoms with E-state index in [0.717, 1.165) is 11.3 Å². The smallest absolute Gasteiger partial charge is 0.227 e. The zero-order valence-electron chi connectivity index (χ0n) is 11.3. The highest BCUT2D eigenvalue weighted by molar-refractivity contribution is 5.91. The van der Waals surface area contributed by atoms with Gasteiger partial charge in [-0.2, -0.15) is 0 Å². The summed E-state index contributed by atoms with van der Waals surface area (Å²) in [6.45, 7) is 4.54. The van der Waals surface area contributed by atoms with Crippen LogP contribution >= 0.6 is 0 Å². The van der Waals surface area contributed by atoms with Crippen LogP contribution in [0.2, 0.25) is 0 Å². The van der Waals surface area contributed by atoms with Crippen molar-refractivity contribution in [2.45, 2.75) is 32.3 Å². The van der Waals surface area contributed by atoms with Crippen LogP contribution in [0.4, 0.5) is 5.69 Å². The Morgan fingerprint density at radius 3 is 2.61 bits per heavy atom. The molecule has 0 aromatic heterocycles. The largest absolute Gasteiger partial charge is 0.380 e. The maximum atomic E-state index is 11.9. The molecule has 4 nitrogen and oxygen atoms in total. The van der Waals surface area contributed by atoms with Crippen LogP contribution in [0.1, 0.15) is 31.7 Å². The van der Waals surface area contributed by atoms with E-state index in [1.165, 1.54) is 0 Å². The second kappa shape index (κ2) is 7.13. The maximum absolute atomic E-state index is 11.9. The summed E-state index contributed by atoms with van der Waals surface area (Å²) in [6.07, 6.45) is 0.0515. The third-order valence-electron chi connectivity index (χ3n) is 2.87. The summed E-state index contributed by atoms with van der Waals surface area (Å²) >= 11 is 0. The van der Waals surface area contributed by atoms with E-state index in [0.29, 0.717) is 12.5 Å².